The summed E-state index contributed by atoms with van der Waals surface area (Å²) in [6.45, 7) is 7.92. The van der Waals surface area contributed by atoms with Crippen molar-refractivity contribution in [3.05, 3.63) is 28.8 Å². The van der Waals surface area contributed by atoms with Crippen molar-refractivity contribution in [3.8, 4) is 5.88 Å². The zero-order chi connectivity index (χ0) is 15.7. The Balaban J connectivity index is 1.87. The average molecular weight is 301 g/mol. The second-order valence-corrected chi connectivity index (χ2v) is 5.99. The molecule has 6 nitrogen and oxygen atoms in total. The van der Waals surface area contributed by atoms with Gasteiger partial charge in [-0.05, 0) is 39.7 Å². The van der Waals surface area contributed by atoms with E-state index in [1.807, 2.05) is 20.8 Å². The lowest BCUT2D eigenvalue weighted by Crippen LogP contribution is -2.35. The Kier molecular flexibility index (Phi) is 4.00. The molecule has 3 heterocycles. The summed E-state index contributed by atoms with van der Waals surface area (Å²) in [6.07, 6.45) is 2.31. The Labute approximate surface area is 130 Å². The molecule has 0 amide bonds. The van der Waals surface area contributed by atoms with E-state index in [2.05, 4.69) is 31.1 Å². The third kappa shape index (κ3) is 2.77. The summed E-state index contributed by atoms with van der Waals surface area (Å²) < 4.78 is 5.38. The van der Waals surface area contributed by atoms with Crippen LogP contribution in [0.4, 0.5) is 5.82 Å². The zero-order valence-corrected chi connectivity index (χ0v) is 13.7. The number of H-pyrrole nitrogens is 1. The average Bonchev–Trinajstić information content (AvgIpc) is 2.96. The van der Waals surface area contributed by atoms with E-state index in [1.165, 1.54) is 6.42 Å². The van der Waals surface area contributed by atoms with Crippen LogP contribution in [0.3, 0.4) is 0 Å². The van der Waals surface area contributed by atoms with Crippen molar-refractivity contribution >= 4 is 5.82 Å². The topological polar surface area (TPSA) is 66.9 Å². The van der Waals surface area contributed by atoms with Gasteiger partial charge in [-0.3, -0.25) is 5.10 Å². The Morgan fingerprint density at radius 3 is 2.77 bits per heavy atom. The van der Waals surface area contributed by atoms with Gasteiger partial charge in [0.1, 0.15) is 11.6 Å². The fourth-order valence-corrected chi connectivity index (χ4v) is 3.15. The molecule has 1 saturated heterocycles. The van der Waals surface area contributed by atoms with Gasteiger partial charge in [0, 0.05) is 24.7 Å². The smallest absolute Gasteiger partial charge is 0.221 e. The van der Waals surface area contributed by atoms with Crippen LogP contribution < -0.4 is 9.64 Å². The van der Waals surface area contributed by atoms with Gasteiger partial charge in [0.2, 0.25) is 5.88 Å². The normalized spacial score (nSPS) is 18.5. The quantitative estimate of drug-likeness (QED) is 0.943. The predicted molar refractivity (Wildman–Crippen MR) is 85.6 cm³/mol. The Bertz CT molecular complexity index is 667. The van der Waals surface area contributed by atoms with Gasteiger partial charge in [-0.25, -0.2) is 4.98 Å². The van der Waals surface area contributed by atoms with E-state index >= 15 is 0 Å². The lowest BCUT2D eigenvalue weighted by atomic mass is 9.94. The molecule has 0 unspecified atom stereocenters. The van der Waals surface area contributed by atoms with E-state index in [0.29, 0.717) is 11.8 Å². The van der Waals surface area contributed by atoms with E-state index < -0.39 is 0 Å². The van der Waals surface area contributed by atoms with Crippen LogP contribution in [0.1, 0.15) is 41.5 Å². The highest BCUT2D eigenvalue weighted by molar-refractivity contribution is 5.51. The van der Waals surface area contributed by atoms with Crippen LogP contribution in [-0.4, -0.2) is 40.4 Å². The number of aryl methyl sites for hydroxylation is 2. The summed E-state index contributed by atoms with van der Waals surface area (Å²) >= 11 is 0. The molecule has 0 saturated carbocycles. The number of aromatic amines is 1. The van der Waals surface area contributed by atoms with Crippen molar-refractivity contribution in [2.45, 2.75) is 39.5 Å². The zero-order valence-electron chi connectivity index (χ0n) is 13.7. The maximum absolute atomic E-state index is 5.38. The molecule has 118 valence electrons. The molecule has 2 aromatic heterocycles. The second-order valence-electron chi connectivity index (χ2n) is 5.99. The first kappa shape index (κ1) is 14.8. The highest BCUT2D eigenvalue weighted by atomic mass is 16.5. The molecule has 1 fully saturated rings. The maximum atomic E-state index is 5.38. The molecule has 6 heteroatoms. The Morgan fingerprint density at radius 2 is 2.09 bits per heavy atom. The van der Waals surface area contributed by atoms with Crippen molar-refractivity contribution in [1.29, 1.82) is 0 Å². The van der Waals surface area contributed by atoms with E-state index in [4.69, 9.17) is 4.74 Å². The number of nitrogens with one attached hydrogen (secondary N) is 1. The van der Waals surface area contributed by atoms with Gasteiger partial charge in [-0.1, -0.05) is 0 Å². The third-order valence-electron chi connectivity index (χ3n) is 4.25. The summed E-state index contributed by atoms with van der Waals surface area (Å²) in [6, 6.07) is 2.15. The molecular weight excluding hydrogens is 278 g/mol. The van der Waals surface area contributed by atoms with Gasteiger partial charge in [0.15, 0.2) is 0 Å². The number of methoxy groups -OCH3 is 1. The molecule has 0 aliphatic carbocycles. The number of ether oxygens (including phenoxy) is 1. The summed E-state index contributed by atoms with van der Waals surface area (Å²) in [5, 5.41) is 7.48. The minimum Gasteiger partial charge on any atom is -0.481 e. The van der Waals surface area contributed by atoms with Crippen LogP contribution in [0.5, 0.6) is 5.88 Å². The van der Waals surface area contributed by atoms with Gasteiger partial charge < -0.3 is 9.64 Å². The molecule has 1 atom stereocenters. The summed E-state index contributed by atoms with van der Waals surface area (Å²) in [5.74, 6) is 2.84. The van der Waals surface area contributed by atoms with E-state index in [9.17, 15) is 0 Å². The number of rotatable bonds is 3. The molecule has 0 bridgehead atoms. The summed E-state index contributed by atoms with van der Waals surface area (Å²) in [5.41, 5.74) is 3.27. The predicted octanol–water partition coefficient (Wildman–Crippen LogP) is 2.52. The largest absolute Gasteiger partial charge is 0.481 e. The SMILES string of the molecule is COc1nc(C)nc(N2CCC[C@H](c3cc(C)[nH]n3)C2)c1C. The van der Waals surface area contributed by atoms with Crippen molar-refractivity contribution in [2.24, 2.45) is 0 Å². The number of anilines is 1. The summed E-state index contributed by atoms with van der Waals surface area (Å²) in [4.78, 5) is 11.3. The number of piperidine rings is 1. The highest BCUT2D eigenvalue weighted by Gasteiger charge is 2.26. The molecule has 3 rings (SSSR count). The number of nitrogens with zero attached hydrogens (tertiary/aromatic N) is 4. The molecule has 0 aromatic carbocycles. The van der Waals surface area contributed by atoms with Gasteiger partial charge in [-0.2, -0.15) is 10.1 Å². The van der Waals surface area contributed by atoms with E-state index in [1.54, 1.807) is 7.11 Å². The number of aromatic nitrogens is 4. The Morgan fingerprint density at radius 1 is 1.27 bits per heavy atom. The van der Waals surface area contributed by atoms with Crippen molar-refractivity contribution in [3.63, 3.8) is 0 Å². The standard InChI is InChI=1S/C16H23N5O/c1-10-8-14(20-19-10)13-6-5-7-21(9-13)15-11(2)16(22-4)18-12(3)17-15/h8,13H,5-7,9H2,1-4H3,(H,19,20)/t13-/m0/s1. The van der Waals surface area contributed by atoms with E-state index in [0.717, 1.165) is 48.1 Å². The van der Waals surface area contributed by atoms with Crippen LogP contribution in [-0.2, 0) is 0 Å². The molecule has 0 spiro atoms. The van der Waals surface area contributed by atoms with Gasteiger partial charge in [0.05, 0.1) is 18.4 Å². The Hall–Kier alpha value is -2.11. The molecule has 1 aliphatic heterocycles. The first-order chi connectivity index (χ1) is 10.6. The molecule has 1 aliphatic rings. The minimum atomic E-state index is 0.444. The van der Waals surface area contributed by atoms with Crippen molar-refractivity contribution in [2.75, 3.05) is 25.1 Å². The molecular formula is C16H23N5O. The number of hydrogen-bond acceptors (Lipinski definition) is 5. The van der Waals surface area contributed by atoms with Gasteiger partial charge in [0.25, 0.3) is 0 Å². The first-order valence-corrected chi connectivity index (χ1v) is 7.74. The lowest BCUT2D eigenvalue weighted by molar-refractivity contribution is 0.391. The van der Waals surface area contributed by atoms with Crippen LogP contribution in [0.2, 0.25) is 0 Å². The van der Waals surface area contributed by atoms with Gasteiger partial charge in [-0.15, -0.1) is 0 Å². The van der Waals surface area contributed by atoms with E-state index in [-0.39, 0.29) is 0 Å². The molecule has 22 heavy (non-hydrogen) atoms. The van der Waals surface area contributed by atoms with Crippen LogP contribution in [0.15, 0.2) is 6.07 Å². The second kappa shape index (κ2) is 5.94. The molecule has 1 N–H and O–H groups in total. The van der Waals surface area contributed by atoms with Crippen molar-refractivity contribution in [1.82, 2.24) is 20.2 Å². The molecule has 0 radical (unpaired) electrons. The van der Waals surface area contributed by atoms with Gasteiger partial charge >= 0.3 is 0 Å². The van der Waals surface area contributed by atoms with Crippen molar-refractivity contribution < 1.29 is 4.74 Å². The molecule has 2 aromatic rings. The summed E-state index contributed by atoms with van der Waals surface area (Å²) in [7, 11) is 1.66. The van der Waals surface area contributed by atoms with Crippen LogP contribution in [0, 0.1) is 20.8 Å². The fraction of sp³-hybridized carbons (Fsp3) is 0.562. The fourth-order valence-electron chi connectivity index (χ4n) is 3.15. The third-order valence-corrected chi connectivity index (χ3v) is 4.25. The minimum absolute atomic E-state index is 0.444. The lowest BCUT2D eigenvalue weighted by Gasteiger charge is -2.34. The highest BCUT2D eigenvalue weighted by Crippen LogP contribution is 2.32. The first-order valence-electron chi connectivity index (χ1n) is 7.74. The van der Waals surface area contributed by atoms with Crippen LogP contribution >= 0.6 is 0 Å². The monoisotopic (exact) mass is 301 g/mol. The van der Waals surface area contributed by atoms with Crippen LogP contribution in [0.25, 0.3) is 0 Å². The number of hydrogen-bond donors (Lipinski definition) is 1. The maximum Gasteiger partial charge on any atom is 0.221 e.